The molecule has 1 nitrogen and oxygen atoms in total. The van der Waals surface area contributed by atoms with Crippen molar-refractivity contribution in [3.8, 4) is 0 Å². The summed E-state index contributed by atoms with van der Waals surface area (Å²) in [4.78, 5) is 0. The first kappa shape index (κ1) is 12.8. The monoisotopic (exact) mass is 255 g/mol. The van der Waals surface area contributed by atoms with E-state index in [0.717, 1.165) is 31.2 Å². The van der Waals surface area contributed by atoms with Gasteiger partial charge in [0.25, 0.3) is 0 Å². The van der Waals surface area contributed by atoms with Gasteiger partial charge in [-0.1, -0.05) is 30.9 Å². The maximum Gasteiger partial charge on any atom is 0.126 e. The van der Waals surface area contributed by atoms with Gasteiger partial charge in [0.1, 0.15) is 5.82 Å². The van der Waals surface area contributed by atoms with Crippen LogP contribution in [0.3, 0.4) is 0 Å². The van der Waals surface area contributed by atoms with Gasteiger partial charge in [-0.05, 0) is 48.9 Å². The van der Waals surface area contributed by atoms with Crippen LogP contribution in [0.2, 0.25) is 5.02 Å². The number of rotatable bonds is 2. The summed E-state index contributed by atoms with van der Waals surface area (Å²) in [6, 6.07) is 5.07. The molecule has 2 rings (SSSR count). The van der Waals surface area contributed by atoms with Gasteiger partial charge in [-0.3, -0.25) is 0 Å². The van der Waals surface area contributed by atoms with Crippen molar-refractivity contribution in [3.63, 3.8) is 0 Å². The highest BCUT2D eigenvalue weighted by Crippen LogP contribution is 2.27. The molecule has 0 bridgehead atoms. The van der Waals surface area contributed by atoms with E-state index in [1.165, 1.54) is 18.9 Å². The first-order valence-corrected chi connectivity index (χ1v) is 6.72. The summed E-state index contributed by atoms with van der Waals surface area (Å²) < 4.78 is 13.6. The van der Waals surface area contributed by atoms with Crippen molar-refractivity contribution in [2.24, 2.45) is 11.7 Å². The van der Waals surface area contributed by atoms with E-state index in [2.05, 4.69) is 0 Å². The van der Waals surface area contributed by atoms with Crippen LogP contribution >= 0.6 is 11.6 Å². The Bertz CT molecular complexity index is 380. The highest BCUT2D eigenvalue weighted by atomic mass is 35.5. The van der Waals surface area contributed by atoms with Gasteiger partial charge in [0.15, 0.2) is 0 Å². The first-order chi connectivity index (χ1) is 8.15. The molecule has 2 unspecified atom stereocenters. The fourth-order valence-corrected chi connectivity index (χ4v) is 2.89. The second-order valence-electron chi connectivity index (χ2n) is 5.09. The summed E-state index contributed by atoms with van der Waals surface area (Å²) in [5, 5.41) is 0.610. The van der Waals surface area contributed by atoms with Gasteiger partial charge in [0.2, 0.25) is 0 Å². The Morgan fingerprint density at radius 3 is 2.88 bits per heavy atom. The average Bonchev–Trinajstić information content (AvgIpc) is 2.48. The quantitative estimate of drug-likeness (QED) is 0.797. The maximum atomic E-state index is 13.6. The van der Waals surface area contributed by atoms with E-state index < -0.39 is 0 Å². The lowest BCUT2D eigenvalue weighted by atomic mass is 9.91. The summed E-state index contributed by atoms with van der Waals surface area (Å²) in [6.07, 6.45) is 6.44. The van der Waals surface area contributed by atoms with Gasteiger partial charge >= 0.3 is 0 Å². The van der Waals surface area contributed by atoms with E-state index in [9.17, 15) is 4.39 Å². The molecule has 0 saturated heterocycles. The molecule has 1 aliphatic rings. The number of benzene rings is 1. The predicted octanol–water partition coefficient (Wildman–Crippen LogP) is 3.93. The van der Waals surface area contributed by atoms with Crippen molar-refractivity contribution in [3.05, 3.63) is 34.6 Å². The molecular weight excluding hydrogens is 237 g/mol. The Hall–Kier alpha value is -0.600. The van der Waals surface area contributed by atoms with Crippen LogP contribution in [0.4, 0.5) is 4.39 Å². The number of halogens is 2. The number of hydrogen-bond donors (Lipinski definition) is 1. The Morgan fingerprint density at radius 1 is 1.29 bits per heavy atom. The zero-order valence-corrected chi connectivity index (χ0v) is 10.7. The van der Waals surface area contributed by atoms with Gasteiger partial charge in [0, 0.05) is 11.1 Å². The van der Waals surface area contributed by atoms with Gasteiger partial charge in [-0.15, -0.1) is 0 Å². The summed E-state index contributed by atoms with van der Waals surface area (Å²) in [7, 11) is 0. The van der Waals surface area contributed by atoms with Crippen LogP contribution < -0.4 is 5.73 Å². The van der Waals surface area contributed by atoms with E-state index in [1.54, 1.807) is 12.1 Å². The van der Waals surface area contributed by atoms with Crippen LogP contribution in [0.1, 0.15) is 37.7 Å². The Kier molecular flexibility index (Phi) is 4.41. The predicted molar refractivity (Wildman–Crippen MR) is 69.7 cm³/mol. The molecule has 0 heterocycles. The van der Waals surface area contributed by atoms with E-state index in [-0.39, 0.29) is 11.9 Å². The molecule has 0 radical (unpaired) electrons. The molecule has 1 aliphatic carbocycles. The molecule has 17 heavy (non-hydrogen) atoms. The largest absolute Gasteiger partial charge is 0.328 e. The third-order valence-corrected chi connectivity index (χ3v) is 3.82. The van der Waals surface area contributed by atoms with Crippen LogP contribution in [0.15, 0.2) is 18.2 Å². The molecule has 0 aliphatic heterocycles. The topological polar surface area (TPSA) is 26.0 Å². The zero-order chi connectivity index (χ0) is 12.3. The standard InChI is InChI=1S/C14H19ClFN/c15-12-5-6-14(16)11(9-12)7-10-3-1-2-4-13(17)8-10/h5-6,9-10,13H,1-4,7-8,17H2. The fourth-order valence-electron chi connectivity index (χ4n) is 2.70. The first-order valence-electron chi connectivity index (χ1n) is 6.34. The highest BCUT2D eigenvalue weighted by Gasteiger charge is 2.19. The lowest BCUT2D eigenvalue weighted by Crippen LogP contribution is -2.22. The van der Waals surface area contributed by atoms with Crippen molar-refractivity contribution in [2.45, 2.75) is 44.6 Å². The van der Waals surface area contributed by atoms with E-state index in [1.807, 2.05) is 0 Å². The molecule has 2 N–H and O–H groups in total. The third kappa shape index (κ3) is 3.68. The summed E-state index contributed by atoms with van der Waals surface area (Å²) in [5.41, 5.74) is 6.76. The lowest BCUT2D eigenvalue weighted by Gasteiger charge is -2.17. The molecule has 3 heteroatoms. The maximum absolute atomic E-state index is 13.6. The van der Waals surface area contributed by atoms with Crippen molar-refractivity contribution < 1.29 is 4.39 Å². The van der Waals surface area contributed by atoms with Crippen molar-refractivity contribution in [1.82, 2.24) is 0 Å². The molecule has 0 aromatic heterocycles. The van der Waals surface area contributed by atoms with Crippen LogP contribution in [0, 0.1) is 11.7 Å². The van der Waals surface area contributed by atoms with Gasteiger partial charge in [-0.2, -0.15) is 0 Å². The highest BCUT2D eigenvalue weighted by molar-refractivity contribution is 6.30. The van der Waals surface area contributed by atoms with Crippen molar-refractivity contribution >= 4 is 11.6 Å². The molecule has 1 aromatic rings. The minimum Gasteiger partial charge on any atom is -0.328 e. The van der Waals surface area contributed by atoms with Crippen LogP contribution in [0.5, 0.6) is 0 Å². The van der Waals surface area contributed by atoms with Crippen LogP contribution in [0.25, 0.3) is 0 Å². The van der Waals surface area contributed by atoms with E-state index >= 15 is 0 Å². The SMILES string of the molecule is NC1CCCCC(Cc2cc(Cl)ccc2F)C1. The van der Waals surface area contributed by atoms with E-state index in [0.29, 0.717) is 10.9 Å². The van der Waals surface area contributed by atoms with Crippen molar-refractivity contribution in [1.29, 1.82) is 0 Å². The molecule has 1 aromatic carbocycles. The van der Waals surface area contributed by atoms with Crippen LogP contribution in [-0.4, -0.2) is 6.04 Å². The zero-order valence-electron chi connectivity index (χ0n) is 9.96. The minimum absolute atomic E-state index is 0.146. The molecule has 1 saturated carbocycles. The Morgan fingerprint density at radius 2 is 2.06 bits per heavy atom. The molecular formula is C14H19ClFN. The summed E-state index contributed by atoms with van der Waals surface area (Å²) >= 11 is 5.90. The summed E-state index contributed by atoms with van der Waals surface area (Å²) in [5.74, 6) is 0.354. The van der Waals surface area contributed by atoms with Gasteiger partial charge in [0.05, 0.1) is 0 Å². The Balaban J connectivity index is 2.06. The second-order valence-corrected chi connectivity index (χ2v) is 5.52. The van der Waals surface area contributed by atoms with E-state index in [4.69, 9.17) is 17.3 Å². The molecule has 0 spiro atoms. The Labute approximate surface area is 107 Å². The minimum atomic E-state index is -0.146. The smallest absolute Gasteiger partial charge is 0.126 e. The van der Waals surface area contributed by atoms with Gasteiger partial charge < -0.3 is 5.73 Å². The lowest BCUT2D eigenvalue weighted by molar-refractivity contribution is 0.423. The fraction of sp³-hybridized carbons (Fsp3) is 0.571. The van der Waals surface area contributed by atoms with Crippen molar-refractivity contribution in [2.75, 3.05) is 0 Å². The summed E-state index contributed by atoms with van der Waals surface area (Å²) in [6.45, 7) is 0. The second kappa shape index (κ2) is 5.83. The normalized spacial score (nSPS) is 25.6. The molecule has 94 valence electrons. The number of nitrogens with two attached hydrogens (primary N) is 1. The average molecular weight is 256 g/mol. The third-order valence-electron chi connectivity index (χ3n) is 3.59. The van der Waals surface area contributed by atoms with Gasteiger partial charge in [-0.25, -0.2) is 4.39 Å². The molecule has 2 atom stereocenters. The molecule has 0 amide bonds. The molecule has 1 fully saturated rings. The van der Waals surface area contributed by atoms with Crippen LogP contribution in [-0.2, 0) is 6.42 Å². The number of hydrogen-bond acceptors (Lipinski definition) is 1.